The number of halogens is 2. The van der Waals surface area contributed by atoms with Crippen LogP contribution in [0, 0.1) is 11.3 Å². The van der Waals surface area contributed by atoms with Crippen LogP contribution in [-0.2, 0) is 34.4 Å². The second kappa shape index (κ2) is 14.9. The fourth-order valence-electron chi connectivity index (χ4n) is 5.91. The monoisotopic (exact) mass is 757 g/mol. The van der Waals surface area contributed by atoms with Gasteiger partial charge < -0.3 is 14.6 Å². The Morgan fingerprint density at radius 1 is 1.04 bits per heavy atom. The van der Waals surface area contributed by atoms with Crippen LogP contribution >= 0.6 is 23.2 Å². The number of carbonyl (C=O) groups is 1. The standard InChI is InChI=1S/C38H33Cl2N5O6S/c1-38(2,37(46)47)44-20-25-16-32(39)36(45-35(25)50-21-23-15-22(17-41)18-43-19-23)51-33-14-13-29-28(6-4-7-30(29)33)31-8-3-5-27(34(31)40)24-9-11-26(12-10-24)52(42,48)49/h3-12,15-16,18-19,33,44H,13-14,20-21H2,1-2H3,(H,46,47)(H2,42,48,49). The number of hydrogen-bond donors (Lipinski definition) is 3. The molecule has 1 aliphatic rings. The molecule has 1 atom stereocenters. The molecule has 2 heterocycles. The fourth-order valence-corrected chi connectivity index (χ4v) is 6.98. The van der Waals surface area contributed by atoms with E-state index in [-0.39, 0.29) is 34.8 Å². The molecule has 11 nitrogen and oxygen atoms in total. The summed E-state index contributed by atoms with van der Waals surface area (Å²) in [6, 6.07) is 23.3. The number of hydrogen-bond acceptors (Lipinski definition) is 9. The molecule has 2 aromatic heterocycles. The van der Waals surface area contributed by atoms with Gasteiger partial charge in [0.15, 0.2) is 0 Å². The zero-order valence-electron chi connectivity index (χ0n) is 28.1. The first-order valence-corrected chi connectivity index (χ1v) is 18.4. The smallest absolute Gasteiger partial charge is 0.323 e. The number of ether oxygens (including phenoxy) is 2. The minimum Gasteiger partial charge on any atom is -0.480 e. The maximum atomic E-state index is 11.8. The molecule has 0 aliphatic heterocycles. The molecule has 0 fully saturated rings. The molecule has 0 radical (unpaired) electrons. The summed E-state index contributed by atoms with van der Waals surface area (Å²) >= 11 is 13.8. The van der Waals surface area contributed by atoms with E-state index in [9.17, 15) is 23.6 Å². The number of carboxylic acid groups (broad SMARTS) is 1. The topological polar surface area (TPSA) is 178 Å². The molecule has 1 unspecified atom stereocenters. The minimum atomic E-state index is -3.83. The fraction of sp³-hybridized carbons (Fsp3) is 0.211. The summed E-state index contributed by atoms with van der Waals surface area (Å²) < 4.78 is 36.1. The Kier molecular flexibility index (Phi) is 10.5. The van der Waals surface area contributed by atoms with Gasteiger partial charge in [-0.25, -0.2) is 13.6 Å². The van der Waals surface area contributed by atoms with Gasteiger partial charge in [0.05, 0.1) is 15.5 Å². The van der Waals surface area contributed by atoms with Crippen molar-refractivity contribution in [1.82, 2.24) is 15.3 Å². The van der Waals surface area contributed by atoms with Gasteiger partial charge in [0.25, 0.3) is 0 Å². The molecule has 4 N–H and O–H groups in total. The molecule has 1 aliphatic carbocycles. The normalized spacial score (nSPS) is 14.0. The first kappa shape index (κ1) is 36.8. The van der Waals surface area contributed by atoms with Crippen molar-refractivity contribution < 1.29 is 27.8 Å². The number of rotatable bonds is 12. The lowest BCUT2D eigenvalue weighted by Crippen LogP contribution is -2.46. The summed E-state index contributed by atoms with van der Waals surface area (Å²) in [6.45, 7) is 3.22. The second-order valence-electron chi connectivity index (χ2n) is 12.8. The summed E-state index contributed by atoms with van der Waals surface area (Å²) in [5.74, 6) is -0.699. The lowest BCUT2D eigenvalue weighted by Gasteiger charge is -2.23. The quantitative estimate of drug-likeness (QED) is 0.118. The third-order valence-corrected chi connectivity index (χ3v) is 10.4. The van der Waals surface area contributed by atoms with Gasteiger partial charge in [-0.1, -0.05) is 71.7 Å². The number of aromatic nitrogens is 2. The van der Waals surface area contributed by atoms with Crippen LogP contribution < -0.4 is 19.9 Å². The summed E-state index contributed by atoms with van der Waals surface area (Å²) in [5, 5.41) is 27.9. The average molecular weight is 759 g/mol. The van der Waals surface area contributed by atoms with Crippen molar-refractivity contribution in [3.8, 4) is 40.1 Å². The van der Waals surface area contributed by atoms with Crippen LogP contribution in [0.2, 0.25) is 10.0 Å². The molecule has 6 rings (SSSR count). The lowest BCUT2D eigenvalue weighted by atomic mass is 9.94. The predicted molar refractivity (Wildman–Crippen MR) is 196 cm³/mol. The third-order valence-electron chi connectivity index (χ3n) is 8.79. The molecule has 5 aromatic rings. The Morgan fingerprint density at radius 3 is 2.46 bits per heavy atom. The highest BCUT2D eigenvalue weighted by Gasteiger charge is 2.30. The molecule has 266 valence electrons. The minimum absolute atomic E-state index is 0.0137. The Labute approximate surface area is 311 Å². The number of fused-ring (bicyclic) bond motifs is 1. The van der Waals surface area contributed by atoms with E-state index in [4.69, 9.17) is 37.8 Å². The van der Waals surface area contributed by atoms with Crippen LogP contribution in [0.5, 0.6) is 11.8 Å². The van der Waals surface area contributed by atoms with E-state index in [0.29, 0.717) is 34.6 Å². The summed E-state index contributed by atoms with van der Waals surface area (Å²) in [5.41, 5.74) is 5.54. The van der Waals surface area contributed by atoms with Gasteiger partial charge in [0.1, 0.15) is 29.3 Å². The van der Waals surface area contributed by atoms with Gasteiger partial charge >= 0.3 is 5.97 Å². The first-order chi connectivity index (χ1) is 24.7. The zero-order valence-corrected chi connectivity index (χ0v) is 30.4. The average Bonchev–Trinajstić information content (AvgIpc) is 3.53. The number of carboxylic acids is 1. The van der Waals surface area contributed by atoms with E-state index < -0.39 is 27.6 Å². The molecule has 0 saturated heterocycles. The second-order valence-corrected chi connectivity index (χ2v) is 15.1. The van der Waals surface area contributed by atoms with Crippen LogP contribution in [0.4, 0.5) is 0 Å². The van der Waals surface area contributed by atoms with Gasteiger partial charge in [-0.3, -0.25) is 15.1 Å². The Bertz CT molecular complexity index is 2330. The molecule has 3 aromatic carbocycles. The van der Waals surface area contributed by atoms with Crippen molar-refractivity contribution in [2.75, 3.05) is 0 Å². The molecular weight excluding hydrogens is 725 g/mol. The predicted octanol–water partition coefficient (Wildman–Crippen LogP) is 7.23. The molecule has 14 heteroatoms. The van der Waals surface area contributed by atoms with Gasteiger partial charge in [-0.15, -0.1) is 0 Å². The van der Waals surface area contributed by atoms with Crippen molar-refractivity contribution in [3.05, 3.63) is 123 Å². The Morgan fingerprint density at radius 2 is 1.75 bits per heavy atom. The van der Waals surface area contributed by atoms with E-state index in [1.165, 1.54) is 18.3 Å². The number of benzene rings is 3. The summed E-state index contributed by atoms with van der Waals surface area (Å²) in [7, 11) is -3.83. The first-order valence-electron chi connectivity index (χ1n) is 16.1. The number of aliphatic carboxylic acids is 1. The molecule has 0 amide bonds. The Balaban J connectivity index is 1.29. The van der Waals surface area contributed by atoms with Crippen LogP contribution in [0.15, 0.2) is 90.1 Å². The zero-order chi connectivity index (χ0) is 37.2. The van der Waals surface area contributed by atoms with Gasteiger partial charge in [-0.2, -0.15) is 10.2 Å². The van der Waals surface area contributed by atoms with Crippen LogP contribution in [-0.4, -0.2) is 35.0 Å². The summed E-state index contributed by atoms with van der Waals surface area (Å²) in [4.78, 5) is 20.5. The molecule has 0 saturated carbocycles. The number of nitrogens with one attached hydrogen (secondary N) is 1. The molecule has 52 heavy (non-hydrogen) atoms. The highest BCUT2D eigenvalue weighted by Crippen LogP contribution is 2.44. The van der Waals surface area contributed by atoms with E-state index >= 15 is 0 Å². The maximum absolute atomic E-state index is 11.8. The number of primary sulfonamides is 1. The van der Waals surface area contributed by atoms with E-state index in [2.05, 4.69) is 21.4 Å². The van der Waals surface area contributed by atoms with Crippen molar-refractivity contribution >= 4 is 39.2 Å². The van der Waals surface area contributed by atoms with Crippen molar-refractivity contribution in [2.24, 2.45) is 5.14 Å². The molecule has 0 spiro atoms. The number of nitrogens with two attached hydrogens (primary N) is 1. The van der Waals surface area contributed by atoms with Gasteiger partial charge in [0.2, 0.25) is 21.8 Å². The highest BCUT2D eigenvalue weighted by molar-refractivity contribution is 7.89. The number of pyridine rings is 2. The number of nitriles is 1. The SMILES string of the molecule is CC(C)(NCc1cc(Cl)c(OC2CCc3c(-c4cccc(-c5ccc(S(N)(=O)=O)cc5)c4Cl)cccc32)nc1OCc1cncc(C#N)c1)C(=O)O. The van der Waals surface area contributed by atoms with Crippen molar-refractivity contribution in [1.29, 1.82) is 5.26 Å². The lowest BCUT2D eigenvalue weighted by molar-refractivity contribution is -0.143. The van der Waals surface area contributed by atoms with Crippen molar-refractivity contribution in [3.63, 3.8) is 0 Å². The molecular formula is C38H33Cl2N5O6S. The summed E-state index contributed by atoms with van der Waals surface area (Å²) in [6.07, 6.45) is 3.96. The van der Waals surface area contributed by atoms with Crippen molar-refractivity contribution in [2.45, 2.75) is 56.4 Å². The Hall–Kier alpha value is -5.03. The van der Waals surface area contributed by atoms with Gasteiger partial charge in [-0.05, 0) is 73.2 Å². The van der Waals surface area contributed by atoms with E-state index in [1.54, 1.807) is 44.3 Å². The highest BCUT2D eigenvalue weighted by atomic mass is 35.5. The molecule has 0 bridgehead atoms. The van der Waals surface area contributed by atoms with Crippen LogP contribution in [0.1, 0.15) is 54.2 Å². The van der Waals surface area contributed by atoms with Crippen LogP contribution in [0.3, 0.4) is 0 Å². The van der Waals surface area contributed by atoms with E-state index in [0.717, 1.165) is 33.4 Å². The van der Waals surface area contributed by atoms with E-state index in [1.807, 2.05) is 36.4 Å². The number of sulfonamides is 1. The van der Waals surface area contributed by atoms with Gasteiger partial charge in [0, 0.05) is 41.2 Å². The van der Waals surface area contributed by atoms with Crippen LogP contribution in [0.25, 0.3) is 22.3 Å². The third kappa shape index (κ3) is 7.89. The largest absolute Gasteiger partial charge is 0.480 e. The maximum Gasteiger partial charge on any atom is 0.323 e. The number of nitrogens with zero attached hydrogens (tertiary/aromatic N) is 3.